The van der Waals surface area contributed by atoms with E-state index in [-0.39, 0.29) is 6.54 Å². The van der Waals surface area contributed by atoms with Gasteiger partial charge in [-0.1, -0.05) is 36.4 Å². The number of hydrogen-bond acceptors (Lipinski definition) is 4. The Bertz CT molecular complexity index is 1020. The molecule has 7 heteroatoms. The van der Waals surface area contributed by atoms with Gasteiger partial charge < -0.3 is 19.7 Å². The maximum atomic E-state index is 12.2. The van der Waals surface area contributed by atoms with Crippen LogP contribution in [-0.4, -0.2) is 57.8 Å². The van der Waals surface area contributed by atoms with E-state index in [2.05, 4.69) is 17.0 Å². The van der Waals surface area contributed by atoms with Gasteiger partial charge in [0.2, 0.25) is 0 Å². The van der Waals surface area contributed by atoms with Gasteiger partial charge in [0.1, 0.15) is 12.6 Å². The summed E-state index contributed by atoms with van der Waals surface area (Å²) in [5.74, 6) is -1.88. The molecule has 2 heterocycles. The number of nitrogens with zero attached hydrogens (tertiary/aromatic N) is 3. The van der Waals surface area contributed by atoms with Crippen LogP contribution in [0.25, 0.3) is 10.9 Å². The topological polar surface area (TPSA) is 86.0 Å². The normalized spacial score (nSPS) is 16.1. The smallest absolute Gasteiger partial charge is 0.325 e. The Labute approximate surface area is 168 Å². The number of aromatic nitrogens is 1. The number of fused-ring (bicyclic) bond motifs is 1. The van der Waals surface area contributed by atoms with Gasteiger partial charge >= 0.3 is 11.9 Å². The number of anilines is 1. The van der Waals surface area contributed by atoms with Gasteiger partial charge in [-0.25, -0.2) is 0 Å². The molecule has 4 rings (SSSR count). The van der Waals surface area contributed by atoms with E-state index in [0.29, 0.717) is 18.7 Å². The highest BCUT2D eigenvalue weighted by Gasteiger charge is 2.32. The predicted octanol–water partition coefficient (Wildman–Crippen LogP) is 2.67. The van der Waals surface area contributed by atoms with Gasteiger partial charge in [-0.05, 0) is 18.2 Å². The number of para-hydroxylation sites is 2. The summed E-state index contributed by atoms with van der Waals surface area (Å²) in [6.45, 7) is 2.51. The van der Waals surface area contributed by atoms with Crippen LogP contribution in [0.2, 0.25) is 0 Å². The van der Waals surface area contributed by atoms with Crippen LogP contribution in [0.3, 0.4) is 0 Å². The molecule has 1 aliphatic rings. The number of hydrogen-bond donors (Lipinski definition) is 2. The lowest BCUT2D eigenvalue weighted by molar-refractivity contribution is -0.143. The molecule has 1 fully saturated rings. The fourth-order valence-electron chi connectivity index (χ4n) is 4.13. The van der Waals surface area contributed by atoms with Crippen molar-refractivity contribution in [1.82, 2.24) is 9.47 Å². The number of piperazine rings is 1. The number of carboxylic acid groups (broad SMARTS) is 2. The Kier molecular flexibility index (Phi) is 5.22. The monoisotopic (exact) mass is 393 g/mol. The first-order valence-electron chi connectivity index (χ1n) is 9.61. The molecule has 1 atom stereocenters. The lowest BCUT2D eigenvalue weighted by atomic mass is 10.0. The van der Waals surface area contributed by atoms with Crippen molar-refractivity contribution in [2.45, 2.75) is 12.6 Å². The summed E-state index contributed by atoms with van der Waals surface area (Å²) in [6.07, 6.45) is 1.68. The standard InChI is InChI=1S/C22H23N3O4/c26-20(27)15-25-14-18(17-8-4-5-9-19(17)25)21(22(28)29)24-12-10-23(11-13-24)16-6-2-1-3-7-16/h1-9,14,21H,10-13,15H2,(H,26,27)(H,28,29)/t21-/m0/s1. The molecule has 2 N–H and O–H groups in total. The van der Waals surface area contributed by atoms with Crippen molar-refractivity contribution in [3.63, 3.8) is 0 Å². The van der Waals surface area contributed by atoms with E-state index in [1.54, 1.807) is 10.8 Å². The van der Waals surface area contributed by atoms with Crippen LogP contribution in [0, 0.1) is 0 Å². The number of carboxylic acids is 2. The van der Waals surface area contributed by atoms with E-state index in [1.807, 2.05) is 47.4 Å². The first-order chi connectivity index (χ1) is 14.0. The molecular weight excluding hydrogens is 370 g/mol. The van der Waals surface area contributed by atoms with Crippen molar-refractivity contribution in [2.24, 2.45) is 0 Å². The van der Waals surface area contributed by atoms with Gasteiger partial charge in [-0.15, -0.1) is 0 Å². The second-order valence-corrected chi connectivity index (χ2v) is 7.22. The molecule has 0 spiro atoms. The number of benzene rings is 2. The van der Waals surface area contributed by atoms with Crippen molar-refractivity contribution in [3.8, 4) is 0 Å². The third-order valence-corrected chi connectivity index (χ3v) is 5.45. The van der Waals surface area contributed by atoms with Crippen molar-refractivity contribution in [2.75, 3.05) is 31.1 Å². The summed E-state index contributed by atoms with van der Waals surface area (Å²) in [5, 5.41) is 20.0. The molecule has 0 saturated carbocycles. The Morgan fingerprint density at radius 2 is 1.55 bits per heavy atom. The third kappa shape index (κ3) is 3.82. The first-order valence-corrected chi connectivity index (χ1v) is 9.61. The van der Waals surface area contributed by atoms with Crippen molar-refractivity contribution >= 4 is 28.5 Å². The fourth-order valence-corrected chi connectivity index (χ4v) is 4.13. The lowest BCUT2D eigenvalue weighted by Crippen LogP contribution is -2.49. The minimum absolute atomic E-state index is 0.200. The fraction of sp³-hybridized carbons (Fsp3) is 0.273. The molecule has 2 aromatic carbocycles. The molecule has 0 amide bonds. The van der Waals surface area contributed by atoms with Gasteiger partial charge in [0, 0.05) is 54.5 Å². The van der Waals surface area contributed by atoms with Gasteiger partial charge in [-0.3, -0.25) is 14.5 Å². The van der Waals surface area contributed by atoms with E-state index in [9.17, 15) is 19.8 Å². The highest BCUT2D eigenvalue weighted by Crippen LogP contribution is 2.32. The van der Waals surface area contributed by atoms with Gasteiger partial charge in [0.05, 0.1) is 0 Å². The minimum Gasteiger partial charge on any atom is -0.480 e. The third-order valence-electron chi connectivity index (χ3n) is 5.45. The molecule has 0 unspecified atom stereocenters. The molecule has 1 aromatic heterocycles. The summed E-state index contributed by atoms with van der Waals surface area (Å²) in [6, 6.07) is 16.7. The summed E-state index contributed by atoms with van der Waals surface area (Å²) < 4.78 is 1.61. The van der Waals surface area contributed by atoms with Crippen molar-refractivity contribution in [1.29, 1.82) is 0 Å². The predicted molar refractivity (Wildman–Crippen MR) is 110 cm³/mol. The van der Waals surface area contributed by atoms with Crippen LogP contribution >= 0.6 is 0 Å². The summed E-state index contributed by atoms with van der Waals surface area (Å²) in [5.41, 5.74) is 2.51. The maximum absolute atomic E-state index is 12.2. The summed E-state index contributed by atoms with van der Waals surface area (Å²) in [7, 11) is 0. The second kappa shape index (κ2) is 7.97. The Hall–Kier alpha value is -3.32. The van der Waals surface area contributed by atoms with Crippen molar-refractivity contribution in [3.05, 3.63) is 66.4 Å². The first kappa shape index (κ1) is 19.0. The SMILES string of the molecule is O=C(O)Cn1cc([C@@H](C(=O)O)N2CCN(c3ccccc3)CC2)c2ccccc21. The van der Waals surface area contributed by atoms with E-state index in [4.69, 9.17) is 0 Å². The zero-order chi connectivity index (χ0) is 20.4. The highest BCUT2D eigenvalue weighted by atomic mass is 16.4. The van der Waals surface area contributed by atoms with Gasteiger partial charge in [-0.2, -0.15) is 0 Å². The minimum atomic E-state index is -0.958. The molecule has 7 nitrogen and oxygen atoms in total. The van der Waals surface area contributed by atoms with Crippen LogP contribution in [0.15, 0.2) is 60.8 Å². The molecule has 1 aliphatic heterocycles. The molecular formula is C22H23N3O4. The quantitative estimate of drug-likeness (QED) is 0.670. The number of rotatable bonds is 6. The second-order valence-electron chi connectivity index (χ2n) is 7.22. The van der Waals surface area contributed by atoms with Gasteiger partial charge in [0.25, 0.3) is 0 Å². The Morgan fingerprint density at radius 1 is 0.897 bits per heavy atom. The molecule has 29 heavy (non-hydrogen) atoms. The highest BCUT2D eigenvalue weighted by molar-refractivity contribution is 5.90. The Balaban J connectivity index is 1.62. The average molecular weight is 393 g/mol. The average Bonchev–Trinajstić information content (AvgIpc) is 3.07. The zero-order valence-corrected chi connectivity index (χ0v) is 15.9. The molecule has 150 valence electrons. The van der Waals surface area contributed by atoms with Gasteiger partial charge in [0.15, 0.2) is 0 Å². The molecule has 1 saturated heterocycles. The molecule has 0 aliphatic carbocycles. The van der Waals surface area contributed by atoms with Crippen LogP contribution < -0.4 is 4.90 Å². The number of aliphatic carboxylic acids is 2. The summed E-state index contributed by atoms with van der Waals surface area (Å²) in [4.78, 5) is 27.7. The van der Waals surface area contributed by atoms with E-state index in [0.717, 1.165) is 29.7 Å². The lowest BCUT2D eigenvalue weighted by Gasteiger charge is -2.38. The van der Waals surface area contributed by atoms with E-state index >= 15 is 0 Å². The van der Waals surface area contributed by atoms with Crippen LogP contribution in [0.1, 0.15) is 11.6 Å². The largest absolute Gasteiger partial charge is 0.480 e. The zero-order valence-electron chi connectivity index (χ0n) is 15.9. The van der Waals surface area contributed by atoms with E-state index < -0.39 is 18.0 Å². The molecule has 0 bridgehead atoms. The van der Waals surface area contributed by atoms with Crippen molar-refractivity contribution < 1.29 is 19.8 Å². The number of carbonyl (C=O) groups is 2. The van der Waals surface area contributed by atoms with Crippen LogP contribution in [0.4, 0.5) is 5.69 Å². The van der Waals surface area contributed by atoms with E-state index in [1.165, 1.54) is 0 Å². The van der Waals surface area contributed by atoms with Crippen LogP contribution in [-0.2, 0) is 16.1 Å². The summed E-state index contributed by atoms with van der Waals surface area (Å²) >= 11 is 0. The maximum Gasteiger partial charge on any atom is 0.325 e. The molecule has 3 aromatic rings. The molecule has 0 radical (unpaired) electrons. The Morgan fingerprint density at radius 3 is 2.21 bits per heavy atom. The van der Waals surface area contributed by atoms with Crippen LogP contribution in [0.5, 0.6) is 0 Å².